The number of aromatic nitrogens is 1. The summed E-state index contributed by atoms with van der Waals surface area (Å²) < 4.78 is 2.63. The molecule has 104 valence electrons. The van der Waals surface area contributed by atoms with E-state index in [-0.39, 0.29) is 0 Å². The Balaban J connectivity index is 2.07. The van der Waals surface area contributed by atoms with Gasteiger partial charge in [-0.3, -0.25) is 4.98 Å². The van der Waals surface area contributed by atoms with Crippen molar-refractivity contribution in [3.8, 4) is 0 Å². The molecule has 5 rings (SSSR count). The van der Waals surface area contributed by atoms with E-state index in [0.29, 0.717) is 0 Å². The van der Waals surface area contributed by atoms with Gasteiger partial charge in [-0.05, 0) is 29.3 Å². The lowest BCUT2D eigenvalue weighted by Gasteiger charge is -2.02. The predicted octanol–water partition coefficient (Wildman–Crippen LogP) is 6.06. The van der Waals surface area contributed by atoms with Crippen LogP contribution in [0.3, 0.4) is 0 Å². The Bertz CT molecular complexity index is 1180. The number of hydrogen-bond donors (Lipinski definition) is 0. The highest BCUT2D eigenvalue weighted by Crippen LogP contribution is 2.40. The van der Waals surface area contributed by atoms with Crippen LogP contribution in [0, 0.1) is 6.92 Å². The lowest BCUT2D eigenvalue weighted by Crippen LogP contribution is -1.81. The molecule has 0 aliphatic heterocycles. The van der Waals surface area contributed by atoms with Gasteiger partial charge >= 0.3 is 0 Å². The van der Waals surface area contributed by atoms with Crippen LogP contribution in [0.2, 0.25) is 0 Å². The summed E-state index contributed by atoms with van der Waals surface area (Å²) in [5, 5.41) is 6.58. The summed E-state index contributed by atoms with van der Waals surface area (Å²) in [6, 6.07) is 19.6. The van der Waals surface area contributed by atoms with Gasteiger partial charge in [0, 0.05) is 27.1 Å². The van der Waals surface area contributed by atoms with Crippen molar-refractivity contribution >= 4 is 53.2 Å². The van der Waals surface area contributed by atoms with Crippen molar-refractivity contribution in [1.29, 1.82) is 0 Å². The van der Waals surface area contributed by atoms with Crippen LogP contribution in [0.4, 0.5) is 0 Å². The third-order valence-corrected chi connectivity index (χ3v) is 5.52. The minimum absolute atomic E-state index is 1.08. The first-order valence-electron chi connectivity index (χ1n) is 7.40. The maximum absolute atomic E-state index is 4.66. The van der Waals surface area contributed by atoms with E-state index in [0.717, 1.165) is 5.52 Å². The Morgan fingerprint density at radius 2 is 1.73 bits per heavy atom. The van der Waals surface area contributed by atoms with Crippen molar-refractivity contribution in [2.24, 2.45) is 0 Å². The van der Waals surface area contributed by atoms with Gasteiger partial charge in [0.15, 0.2) is 0 Å². The summed E-state index contributed by atoms with van der Waals surface area (Å²) in [7, 11) is 0. The first-order chi connectivity index (χ1) is 10.8. The van der Waals surface area contributed by atoms with E-state index in [2.05, 4.69) is 66.5 Å². The molecule has 0 spiro atoms. The molecule has 0 aliphatic rings. The van der Waals surface area contributed by atoms with E-state index in [9.17, 15) is 0 Å². The smallest absolute Gasteiger partial charge is 0.0711 e. The Labute approximate surface area is 131 Å². The lowest BCUT2D eigenvalue weighted by atomic mass is 10.0. The van der Waals surface area contributed by atoms with Crippen molar-refractivity contribution in [3.05, 3.63) is 66.4 Å². The fourth-order valence-electron chi connectivity index (χ4n) is 3.30. The quantitative estimate of drug-likeness (QED) is 0.338. The molecule has 0 fully saturated rings. The number of aryl methyl sites for hydroxylation is 1. The zero-order chi connectivity index (χ0) is 14.7. The van der Waals surface area contributed by atoms with Crippen LogP contribution in [0.25, 0.3) is 41.8 Å². The minimum Gasteiger partial charge on any atom is -0.255 e. The molecule has 0 saturated carbocycles. The molecule has 2 heterocycles. The third kappa shape index (κ3) is 1.56. The monoisotopic (exact) mass is 299 g/mol. The molecule has 1 nitrogen and oxygen atoms in total. The summed E-state index contributed by atoms with van der Waals surface area (Å²) in [6.45, 7) is 2.12. The number of fused-ring (bicyclic) bond motifs is 7. The van der Waals surface area contributed by atoms with Crippen LogP contribution in [0.5, 0.6) is 0 Å². The van der Waals surface area contributed by atoms with E-state index >= 15 is 0 Å². The molecule has 3 aromatic carbocycles. The van der Waals surface area contributed by atoms with Gasteiger partial charge in [0.25, 0.3) is 0 Å². The average Bonchev–Trinajstić information content (AvgIpc) is 2.94. The van der Waals surface area contributed by atoms with Crippen molar-refractivity contribution in [2.75, 3.05) is 0 Å². The first-order valence-corrected chi connectivity index (χ1v) is 8.22. The number of thiophene rings is 1. The van der Waals surface area contributed by atoms with Crippen LogP contribution >= 0.6 is 11.3 Å². The minimum atomic E-state index is 1.08. The SMILES string of the molecule is Cc1ccc2c(c1)ncc1sc3c4ccccc4ccc3c12. The maximum atomic E-state index is 4.66. The fraction of sp³-hybridized carbons (Fsp3) is 0.0500. The molecule has 2 heteroatoms. The van der Waals surface area contributed by atoms with Crippen molar-refractivity contribution < 1.29 is 0 Å². The molecule has 0 amide bonds. The molecular formula is C20H13NS. The Morgan fingerprint density at radius 1 is 0.864 bits per heavy atom. The zero-order valence-electron chi connectivity index (χ0n) is 12.1. The highest BCUT2D eigenvalue weighted by atomic mass is 32.1. The number of nitrogens with zero attached hydrogens (tertiary/aromatic N) is 1. The molecule has 5 aromatic rings. The Morgan fingerprint density at radius 3 is 2.68 bits per heavy atom. The summed E-state index contributed by atoms with van der Waals surface area (Å²) >= 11 is 1.85. The maximum Gasteiger partial charge on any atom is 0.0711 e. The van der Waals surface area contributed by atoms with Crippen molar-refractivity contribution in [1.82, 2.24) is 4.98 Å². The van der Waals surface area contributed by atoms with E-state index in [1.165, 1.54) is 41.9 Å². The second-order valence-corrected chi connectivity index (χ2v) is 6.84. The van der Waals surface area contributed by atoms with Gasteiger partial charge in [0.05, 0.1) is 10.2 Å². The van der Waals surface area contributed by atoms with Gasteiger partial charge in [0.2, 0.25) is 0 Å². The molecular weight excluding hydrogens is 286 g/mol. The van der Waals surface area contributed by atoms with Gasteiger partial charge in [0.1, 0.15) is 0 Å². The van der Waals surface area contributed by atoms with Crippen molar-refractivity contribution in [2.45, 2.75) is 6.92 Å². The number of hydrogen-bond acceptors (Lipinski definition) is 2. The van der Waals surface area contributed by atoms with Gasteiger partial charge in [-0.1, -0.05) is 48.5 Å². The van der Waals surface area contributed by atoms with E-state index in [1.807, 2.05) is 17.5 Å². The van der Waals surface area contributed by atoms with E-state index in [4.69, 9.17) is 0 Å². The van der Waals surface area contributed by atoms with Gasteiger partial charge in [-0.15, -0.1) is 11.3 Å². The molecule has 0 unspecified atom stereocenters. The number of benzene rings is 3. The molecule has 0 N–H and O–H groups in total. The molecule has 0 aliphatic carbocycles. The van der Waals surface area contributed by atoms with Gasteiger partial charge in [-0.2, -0.15) is 0 Å². The lowest BCUT2D eigenvalue weighted by molar-refractivity contribution is 1.42. The molecule has 0 atom stereocenters. The summed E-state index contributed by atoms with van der Waals surface area (Å²) in [6.07, 6.45) is 2.02. The molecule has 0 bridgehead atoms. The Kier molecular flexibility index (Phi) is 2.36. The largest absolute Gasteiger partial charge is 0.255 e. The predicted molar refractivity (Wildman–Crippen MR) is 96.9 cm³/mol. The number of pyridine rings is 1. The van der Waals surface area contributed by atoms with Gasteiger partial charge < -0.3 is 0 Å². The fourth-order valence-corrected chi connectivity index (χ4v) is 4.52. The van der Waals surface area contributed by atoms with E-state index in [1.54, 1.807) is 0 Å². The topological polar surface area (TPSA) is 12.9 Å². The molecule has 0 saturated heterocycles. The van der Waals surface area contributed by atoms with Crippen LogP contribution in [0.1, 0.15) is 5.56 Å². The Hall–Kier alpha value is -2.45. The molecule has 22 heavy (non-hydrogen) atoms. The number of rotatable bonds is 0. The third-order valence-electron chi connectivity index (χ3n) is 4.35. The van der Waals surface area contributed by atoms with Crippen LogP contribution in [0.15, 0.2) is 60.8 Å². The second-order valence-electron chi connectivity index (χ2n) is 5.78. The molecule has 0 radical (unpaired) electrons. The standard InChI is InChI=1S/C20H13NS/c1-12-6-8-15-17(10-12)21-11-18-19(15)16-9-7-13-4-2-3-5-14(13)20(16)22-18/h2-11H,1H3. The highest BCUT2D eigenvalue weighted by Gasteiger charge is 2.11. The first kappa shape index (κ1) is 12.1. The summed E-state index contributed by atoms with van der Waals surface area (Å²) in [5.41, 5.74) is 2.34. The highest BCUT2D eigenvalue weighted by molar-refractivity contribution is 7.26. The second kappa shape index (κ2) is 4.28. The normalized spacial score (nSPS) is 11.9. The summed E-state index contributed by atoms with van der Waals surface area (Å²) in [5.74, 6) is 0. The average molecular weight is 299 g/mol. The van der Waals surface area contributed by atoms with Crippen molar-refractivity contribution in [3.63, 3.8) is 0 Å². The molecule has 2 aromatic heterocycles. The van der Waals surface area contributed by atoms with Crippen LogP contribution in [-0.2, 0) is 0 Å². The van der Waals surface area contributed by atoms with Crippen LogP contribution in [-0.4, -0.2) is 4.98 Å². The summed E-state index contributed by atoms with van der Waals surface area (Å²) in [4.78, 5) is 4.66. The van der Waals surface area contributed by atoms with Gasteiger partial charge in [-0.25, -0.2) is 0 Å². The van der Waals surface area contributed by atoms with Crippen LogP contribution < -0.4 is 0 Å². The van der Waals surface area contributed by atoms with E-state index < -0.39 is 0 Å². The zero-order valence-corrected chi connectivity index (χ0v) is 12.9.